The molecule has 0 N–H and O–H groups in total. The molecule has 0 saturated carbocycles. The van der Waals surface area contributed by atoms with Crippen LogP contribution < -0.4 is 19.3 Å². The fourth-order valence-corrected chi connectivity index (χ4v) is 5.45. The number of nitrogens with zero attached hydrogens (tertiary/aromatic N) is 4. The second-order valence-electron chi connectivity index (χ2n) is 7.74. The molecule has 0 radical (unpaired) electrons. The fourth-order valence-electron chi connectivity index (χ4n) is 3.81. The molecule has 0 unspecified atom stereocenters. The quantitative estimate of drug-likeness (QED) is 0.377. The average Bonchev–Trinajstić information content (AvgIpc) is 3.12. The lowest BCUT2D eigenvalue weighted by molar-refractivity contribution is 0.100. The molecule has 11 heteroatoms. The minimum absolute atomic E-state index is 0.0168. The van der Waals surface area contributed by atoms with Crippen molar-refractivity contribution in [2.75, 3.05) is 18.5 Å². The van der Waals surface area contributed by atoms with E-state index in [0.717, 1.165) is 0 Å². The average molecular weight is 509 g/mol. The van der Waals surface area contributed by atoms with E-state index < -0.39 is 21.5 Å². The molecule has 36 heavy (non-hydrogen) atoms. The van der Waals surface area contributed by atoms with Gasteiger partial charge in [-0.15, -0.1) is 0 Å². The Morgan fingerprint density at radius 3 is 2.33 bits per heavy atom. The summed E-state index contributed by atoms with van der Waals surface area (Å²) in [5.41, 5.74) is -0.267. The van der Waals surface area contributed by atoms with Crippen LogP contribution in [0.3, 0.4) is 0 Å². The molecular weight excluding hydrogens is 484 g/mol. The Labute approximate surface area is 208 Å². The molecule has 186 valence electrons. The van der Waals surface area contributed by atoms with E-state index in [1.54, 1.807) is 44.3 Å². The van der Waals surface area contributed by atoms with Gasteiger partial charge in [0.2, 0.25) is 0 Å². The highest BCUT2D eigenvalue weighted by molar-refractivity contribution is 7.93. The van der Waals surface area contributed by atoms with Crippen molar-refractivity contribution in [3.05, 3.63) is 94.7 Å². The van der Waals surface area contributed by atoms with E-state index in [9.17, 15) is 18.0 Å². The van der Waals surface area contributed by atoms with Crippen molar-refractivity contribution < 1.29 is 22.7 Å². The maximum Gasteiger partial charge on any atom is 0.296 e. The first-order valence-electron chi connectivity index (χ1n) is 10.8. The summed E-state index contributed by atoms with van der Waals surface area (Å²) in [6.07, 6.45) is 2.69. The number of amides is 1. The van der Waals surface area contributed by atoms with Gasteiger partial charge < -0.3 is 9.47 Å². The number of hydrogen-bond donors (Lipinski definition) is 0. The molecule has 10 nitrogen and oxygen atoms in total. The van der Waals surface area contributed by atoms with E-state index >= 15 is 0 Å². The van der Waals surface area contributed by atoms with E-state index in [-0.39, 0.29) is 33.3 Å². The largest absolute Gasteiger partial charge is 0.497 e. The number of anilines is 1. The first-order chi connectivity index (χ1) is 17.2. The second kappa shape index (κ2) is 9.70. The number of benzene rings is 2. The van der Waals surface area contributed by atoms with E-state index in [4.69, 9.17) is 9.47 Å². The van der Waals surface area contributed by atoms with Gasteiger partial charge in [-0.25, -0.2) is 13.1 Å². The van der Waals surface area contributed by atoms with Gasteiger partial charge in [0.15, 0.2) is 0 Å². The van der Waals surface area contributed by atoms with Crippen molar-refractivity contribution >= 4 is 21.6 Å². The summed E-state index contributed by atoms with van der Waals surface area (Å²) in [4.78, 5) is 31.1. The van der Waals surface area contributed by atoms with Crippen molar-refractivity contribution in [2.24, 2.45) is 7.05 Å². The molecule has 0 aliphatic rings. The highest BCUT2D eigenvalue weighted by Gasteiger charge is 2.39. The van der Waals surface area contributed by atoms with Crippen LogP contribution in [-0.2, 0) is 17.1 Å². The van der Waals surface area contributed by atoms with Gasteiger partial charge >= 0.3 is 0 Å². The number of sulfonamides is 1. The van der Waals surface area contributed by atoms with Gasteiger partial charge in [0, 0.05) is 25.5 Å². The molecule has 2 aromatic carbocycles. The van der Waals surface area contributed by atoms with Crippen LogP contribution >= 0.6 is 0 Å². The molecule has 0 aliphatic carbocycles. The van der Waals surface area contributed by atoms with Crippen LogP contribution in [0.1, 0.15) is 16.1 Å². The number of para-hydroxylation sites is 1. The van der Waals surface area contributed by atoms with E-state index in [1.807, 2.05) is 0 Å². The minimum atomic E-state index is -4.68. The van der Waals surface area contributed by atoms with Crippen LogP contribution in [-0.4, -0.2) is 42.9 Å². The van der Waals surface area contributed by atoms with Crippen molar-refractivity contribution in [1.82, 2.24) is 14.3 Å². The Morgan fingerprint density at radius 1 is 1.00 bits per heavy atom. The predicted molar refractivity (Wildman–Crippen MR) is 134 cm³/mol. The molecule has 0 fully saturated rings. The summed E-state index contributed by atoms with van der Waals surface area (Å²) in [5, 5.41) is 0. The summed E-state index contributed by atoms with van der Waals surface area (Å²) in [5.74, 6) is -0.731. The number of ether oxygens (including phenoxy) is 2. The first kappa shape index (κ1) is 24.7. The van der Waals surface area contributed by atoms with Crippen molar-refractivity contribution in [2.45, 2.75) is 11.8 Å². The molecule has 4 aromatic rings. The van der Waals surface area contributed by atoms with Crippen LogP contribution in [0, 0.1) is 6.92 Å². The highest BCUT2D eigenvalue weighted by atomic mass is 32.2. The summed E-state index contributed by atoms with van der Waals surface area (Å²) < 4.78 is 42.1. The van der Waals surface area contributed by atoms with Gasteiger partial charge in [-0.3, -0.25) is 19.3 Å². The molecule has 2 heterocycles. The Morgan fingerprint density at radius 2 is 1.72 bits per heavy atom. The molecule has 1 amide bonds. The molecule has 2 aromatic heterocycles. The number of carbonyl (C=O) groups excluding carboxylic acids is 1. The molecule has 4 rings (SSSR count). The molecule has 0 atom stereocenters. The third-order valence-corrected chi connectivity index (χ3v) is 7.41. The van der Waals surface area contributed by atoms with Gasteiger partial charge in [0.1, 0.15) is 22.1 Å². The maximum atomic E-state index is 14.1. The Balaban J connectivity index is 2.04. The van der Waals surface area contributed by atoms with Gasteiger partial charge in [-0.2, -0.15) is 4.31 Å². The number of pyridine rings is 1. The zero-order chi connectivity index (χ0) is 26.0. The summed E-state index contributed by atoms with van der Waals surface area (Å²) >= 11 is 0. The van der Waals surface area contributed by atoms with Crippen LogP contribution in [0.15, 0.2) is 82.7 Å². The zero-order valence-electron chi connectivity index (χ0n) is 20.1. The Hall–Kier alpha value is -4.38. The number of rotatable bonds is 7. The summed E-state index contributed by atoms with van der Waals surface area (Å²) in [7, 11) is -0.378. The van der Waals surface area contributed by atoms with Crippen LogP contribution in [0.4, 0.5) is 5.69 Å². The molecule has 0 spiro atoms. The summed E-state index contributed by atoms with van der Waals surface area (Å²) in [6, 6.07) is 15.8. The third kappa shape index (κ3) is 4.13. The van der Waals surface area contributed by atoms with Gasteiger partial charge in [-0.1, -0.05) is 18.2 Å². The highest BCUT2D eigenvalue weighted by Crippen LogP contribution is 2.34. The Bertz CT molecular complexity index is 1580. The third-order valence-electron chi connectivity index (χ3n) is 5.71. The monoisotopic (exact) mass is 508 g/mol. The van der Waals surface area contributed by atoms with E-state index in [1.165, 1.54) is 66.3 Å². The summed E-state index contributed by atoms with van der Waals surface area (Å²) in [6.45, 7) is 1.57. The fraction of sp³-hybridized carbons (Fsp3) is 0.160. The topological polar surface area (TPSA) is 113 Å². The SMILES string of the molecule is COc1ccc(OC)c(S(=O)(=O)N(C(=O)c2cccnc2)c2c(C)n(C)n(-c3ccccc3)c2=O)c1. The first-order valence-corrected chi connectivity index (χ1v) is 12.2. The number of carbonyl (C=O) groups is 1. The second-order valence-corrected chi connectivity index (χ2v) is 9.50. The van der Waals surface area contributed by atoms with Gasteiger partial charge in [0.25, 0.3) is 21.5 Å². The number of hydrogen-bond acceptors (Lipinski definition) is 7. The maximum absolute atomic E-state index is 14.1. The van der Waals surface area contributed by atoms with E-state index in [2.05, 4.69) is 4.98 Å². The molecular formula is C25H24N4O6S. The van der Waals surface area contributed by atoms with Crippen molar-refractivity contribution in [3.63, 3.8) is 0 Å². The predicted octanol–water partition coefficient (Wildman–Crippen LogP) is 2.93. The van der Waals surface area contributed by atoms with Crippen molar-refractivity contribution in [3.8, 4) is 17.2 Å². The van der Waals surface area contributed by atoms with Gasteiger partial charge in [-0.05, 0) is 43.3 Å². The zero-order valence-corrected chi connectivity index (χ0v) is 20.9. The van der Waals surface area contributed by atoms with Gasteiger partial charge in [0.05, 0.1) is 31.2 Å². The lowest BCUT2D eigenvalue weighted by Crippen LogP contribution is -2.40. The minimum Gasteiger partial charge on any atom is -0.497 e. The normalized spacial score (nSPS) is 11.2. The molecule has 0 saturated heterocycles. The Kier molecular flexibility index (Phi) is 6.67. The van der Waals surface area contributed by atoms with Crippen molar-refractivity contribution in [1.29, 1.82) is 0 Å². The lowest BCUT2D eigenvalue weighted by Gasteiger charge is -2.23. The van der Waals surface area contributed by atoms with E-state index in [0.29, 0.717) is 9.99 Å². The molecule has 0 bridgehead atoms. The molecule has 0 aliphatic heterocycles. The number of aromatic nitrogens is 3. The smallest absolute Gasteiger partial charge is 0.296 e. The number of methoxy groups -OCH3 is 2. The standard InChI is InChI=1S/C25H24N4O6S/c1-17-23(25(31)28(27(17)2)19-10-6-5-7-11-19)29(24(30)18-9-8-14-26-16-18)36(32,33)22-15-20(34-3)12-13-21(22)35-4/h5-16H,1-4H3. The van der Waals surface area contributed by atoms with Crippen LogP contribution in [0.5, 0.6) is 11.5 Å². The lowest BCUT2D eigenvalue weighted by atomic mass is 10.2. The van der Waals surface area contributed by atoms with Crippen LogP contribution in [0.2, 0.25) is 0 Å². The van der Waals surface area contributed by atoms with Crippen LogP contribution in [0.25, 0.3) is 5.69 Å².